The maximum Gasteiger partial charge on any atom is 0.263 e. The fraction of sp³-hybridized carbons (Fsp3) is 0.278. The SMILES string of the molecule is CN(Cc1cccc2[nH]ccc12)C(=O)c1cc2c(s1)CCOC2. The monoisotopic (exact) mass is 326 g/mol. The summed E-state index contributed by atoms with van der Waals surface area (Å²) in [6.45, 7) is 1.99. The number of H-pyrrole nitrogens is 1. The first-order chi connectivity index (χ1) is 11.2. The number of hydrogen-bond donors (Lipinski definition) is 1. The summed E-state index contributed by atoms with van der Waals surface area (Å²) in [4.78, 5) is 19.8. The Balaban J connectivity index is 1.56. The zero-order valence-corrected chi connectivity index (χ0v) is 13.8. The summed E-state index contributed by atoms with van der Waals surface area (Å²) in [6.07, 6.45) is 2.85. The van der Waals surface area contributed by atoms with Crippen molar-refractivity contribution >= 4 is 28.1 Å². The van der Waals surface area contributed by atoms with Crippen LogP contribution < -0.4 is 0 Å². The van der Waals surface area contributed by atoms with E-state index in [-0.39, 0.29) is 5.91 Å². The van der Waals surface area contributed by atoms with E-state index in [1.54, 1.807) is 16.2 Å². The lowest BCUT2D eigenvalue weighted by molar-refractivity contribution is 0.0790. The molecule has 3 heterocycles. The van der Waals surface area contributed by atoms with Crippen molar-refractivity contribution in [3.8, 4) is 0 Å². The Hall–Kier alpha value is -2.11. The van der Waals surface area contributed by atoms with Gasteiger partial charge in [0.2, 0.25) is 0 Å². The molecule has 118 valence electrons. The largest absolute Gasteiger partial charge is 0.376 e. The maximum absolute atomic E-state index is 12.7. The van der Waals surface area contributed by atoms with E-state index in [9.17, 15) is 4.79 Å². The highest BCUT2D eigenvalue weighted by molar-refractivity contribution is 7.14. The Morgan fingerprint density at radius 2 is 2.30 bits per heavy atom. The first-order valence-electron chi connectivity index (χ1n) is 7.72. The highest BCUT2D eigenvalue weighted by Gasteiger charge is 2.20. The van der Waals surface area contributed by atoms with Crippen LogP contribution in [0.15, 0.2) is 36.5 Å². The molecule has 0 radical (unpaired) electrons. The van der Waals surface area contributed by atoms with Crippen molar-refractivity contribution in [1.29, 1.82) is 0 Å². The minimum atomic E-state index is 0.0805. The Morgan fingerprint density at radius 3 is 3.17 bits per heavy atom. The van der Waals surface area contributed by atoms with Gasteiger partial charge in [0, 0.05) is 42.0 Å². The summed E-state index contributed by atoms with van der Waals surface area (Å²) in [5.41, 5.74) is 3.43. The molecule has 1 aliphatic heterocycles. The molecule has 0 spiro atoms. The van der Waals surface area contributed by atoms with Crippen LogP contribution >= 0.6 is 11.3 Å². The lowest BCUT2D eigenvalue weighted by Gasteiger charge is -2.17. The molecule has 3 aromatic rings. The summed E-state index contributed by atoms with van der Waals surface area (Å²) >= 11 is 1.61. The molecule has 1 aromatic carbocycles. The average Bonchev–Trinajstić information content (AvgIpc) is 3.20. The molecule has 1 N–H and O–H groups in total. The van der Waals surface area contributed by atoms with Gasteiger partial charge in [0.25, 0.3) is 5.91 Å². The zero-order valence-electron chi connectivity index (χ0n) is 13.0. The Bertz CT molecular complexity index is 841. The number of rotatable bonds is 3. The normalized spacial score (nSPS) is 14.0. The van der Waals surface area contributed by atoms with Crippen LogP contribution in [-0.2, 0) is 24.3 Å². The van der Waals surface area contributed by atoms with Crippen LogP contribution in [0, 0.1) is 0 Å². The van der Waals surface area contributed by atoms with Gasteiger partial charge in [-0.05, 0) is 29.3 Å². The molecular formula is C18H18N2O2S. The number of nitrogens with one attached hydrogen (secondary N) is 1. The second kappa shape index (κ2) is 5.83. The Labute approximate surface area is 138 Å². The van der Waals surface area contributed by atoms with Crippen molar-refractivity contribution in [2.75, 3.05) is 13.7 Å². The van der Waals surface area contributed by atoms with E-state index in [4.69, 9.17) is 4.74 Å². The number of carbonyl (C=O) groups excluding carboxylic acids is 1. The van der Waals surface area contributed by atoms with Crippen molar-refractivity contribution in [2.45, 2.75) is 19.6 Å². The third-order valence-corrected chi connectivity index (χ3v) is 5.50. The van der Waals surface area contributed by atoms with E-state index < -0.39 is 0 Å². The van der Waals surface area contributed by atoms with Crippen molar-refractivity contribution < 1.29 is 9.53 Å². The first-order valence-corrected chi connectivity index (χ1v) is 8.54. The standard InChI is InChI=1S/C18H18N2O2S/c1-20(10-12-3-2-4-15-14(12)5-7-19-15)18(21)17-9-13-11-22-8-6-16(13)23-17/h2-5,7,9,19H,6,8,10-11H2,1H3. The van der Waals surface area contributed by atoms with Gasteiger partial charge in [0.15, 0.2) is 0 Å². The predicted molar refractivity (Wildman–Crippen MR) is 91.8 cm³/mol. The number of benzene rings is 1. The fourth-order valence-corrected chi connectivity index (χ4v) is 4.20. The number of carbonyl (C=O) groups is 1. The van der Waals surface area contributed by atoms with Crippen molar-refractivity contribution in [3.05, 3.63) is 57.4 Å². The van der Waals surface area contributed by atoms with Gasteiger partial charge in [-0.15, -0.1) is 11.3 Å². The van der Waals surface area contributed by atoms with E-state index in [0.29, 0.717) is 13.2 Å². The summed E-state index contributed by atoms with van der Waals surface area (Å²) in [5.74, 6) is 0.0805. The first kappa shape index (κ1) is 14.5. The molecule has 23 heavy (non-hydrogen) atoms. The lowest BCUT2D eigenvalue weighted by Crippen LogP contribution is -2.25. The number of fused-ring (bicyclic) bond motifs is 2. The van der Waals surface area contributed by atoms with E-state index in [1.165, 1.54) is 15.8 Å². The van der Waals surface area contributed by atoms with Crippen LogP contribution in [0.25, 0.3) is 10.9 Å². The smallest absolute Gasteiger partial charge is 0.263 e. The molecule has 4 nitrogen and oxygen atoms in total. The molecule has 4 rings (SSSR count). The fourth-order valence-electron chi connectivity index (χ4n) is 3.06. The number of nitrogens with zero attached hydrogens (tertiary/aromatic N) is 1. The molecule has 5 heteroatoms. The predicted octanol–water partition coefficient (Wildman–Crippen LogP) is 3.57. The average molecular weight is 326 g/mol. The third-order valence-electron chi connectivity index (χ3n) is 4.28. The van der Waals surface area contributed by atoms with E-state index >= 15 is 0 Å². The molecule has 0 saturated carbocycles. The lowest BCUT2D eigenvalue weighted by atomic mass is 10.1. The summed E-state index contributed by atoms with van der Waals surface area (Å²) < 4.78 is 5.46. The van der Waals surface area contributed by atoms with Crippen molar-refractivity contribution in [2.24, 2.45) is 0 Å². The van der Waals surface area contributed by atoms with E-state index in [0.717, 1.165) is 29.0 Å². The molecule has 0 unspecified atom stereocenters. The van der Waals surface area contributed by atoms with Gasteiger partial charge >= 0.3 is 0 Å². The van der Waals surface area contributed by atoms with Gasteiger partial charge in [-0.1, -0.05) is 12.1 Å². The number of thiophene rings is 1. The maximum atomic E-state index is 12.7. The molecule has 0 fully saturated rings. The molecule has 0 atom stereocenters. The summed E-state index contributed by atoms with van der Waals surface area (Å²) in [5, 5.41) is 1.17. The van der Waals surface area contributed by atoms with Crippen molar-refractivity contribution in [3.63, 3.8) is 0 Å². The van der Waals surface area contributed by atoms with Crippen LogP contribution in [0.3, 0.4) is 0 Å². The minimum Gasteiger partial charge on any atom is -0.376 e. The van der Waals surface area contributed by atoms with Gasteiger partial charge in [0.05, 0.1) is 18.1 Å². The quantitative estimate of drug-likeness (QED) is 0.800. The van der Waals surface area contributed by atoms with Crippen LogP contribution in [0.1, 0.15) is 25.7 Å². The third kappa shape index (κ3) is 2.66. The Morgan fingerprint density at radius 1 is 1.39 bits per heavy atom. The number of amides is 1. The minimum absolute atomic E-state index is 0.0805. The molecule has 0 saturated heterocycles. The second-order valence-electron chi connectivity index (χ2n) is 5.88. The van der Waals surface area contributed by atoms with Crippen LogP contribution in [0.4, 0.5) is 0 Å². The zero-order chi connectivity index (χ0) is 15.8. The summed E-state index contributed by atoms with van der Waals surface area (Å²) in [6, 6.07) is 10.2. The van der Waals surface area contributed by atoms with Gasteiger partial charge in [-0.2, -0.15) is 0 Å². The molecule has 1 aliphatic rings. The molecule has 0 aliphatic carbocycles. The van der Waals surface area contributed by atoms with Crippen LogP contribution in [0.5, 0.6) is 0 Å². The summed E-state index contributed by atoms with van der Waals surface area (Å²) in [7, 11) is 1.86. The van der Waals surface area contributed by atoms with E-state index in [1.807, 2.05) is 31.4 Å². The Kier molecular flexibility index (Phi) is 3.67. The van der Waals surface area contributed by atoms with Gasteiger partial charge in [-0.3, -0.25) is 4.79 Å². The van der Waals surface area contributed by atoms with Gasteiger partial charge < -0.3 is 14.6 Å². The number of hydrogen-bond acceptors (Lipinski definition) is 3. The van der Waals surface area contributed by atoms with E-state index in [2.05, 4.69) is 17.1 Å². The number of aromatic amines is 1. The topological polar surface area (TPSA) is 45.3 Å². The molecule has 2 aromatic heterocycles. The number of aromatic nitrogens is 1. The molecule has 1 amide bonds. The highest BCUT2D eigenvalue weighted by Crippen LogP contribution is 2.28. The molecular weight excluding hydrogens is 308 g/mol. The molecule has 0 bridgehead atoms. The van der Waals surface area contributed by atoms with Crippen LogP contribution in [-0.4, -0.2) is 29.4 Å². The van der Waals surface area contributed by atoms with Gasteiger partial charge in [-0.25, -0.2) is 0 Å². The second-order valence-corrected chi connectivity index (χ2v) is 7.02. The highest BCUT2D eigenvalue weighted by atomic mass is 32.1. The van der Waals surface area contributed by atoms with Crippen LogP contribution in [0.2, 0.25) is 0 Å². The van der Waals surface area contributed by atoms with Crippen molar-refractivity contribution in [1.82, 2.24) is 9.88 Å². The van der Waals surface area contributed by atoms with Gasteiger partial charge in [0.1, 0.15) is 0 Å². The number of ether oxygens (including phenoxy) is 1.